The average molecular weight is 422 g/mol. The number of aromatic nitrogens is 4. The highest BCUT2D eigenvalue weighted by Gasteiger charge is 2.16. The van der Waals surface area contributed by atoms with E-state index in [1.165, 1.54) is 16.5 Å². The predicted molar refractivity (Wildman–Crippen MR) is 134 cm³/mol. The first kappa shape index (κ1) is 18.0. The van der Waals surface area contributed by atoms with Gasteiger partial charge >= 0.3 is 0 Å². The largest absolute Gasteiger partial charge is 0.306 e. The predicted octanol–water partition coefficient (Wildman–Crippen LogP) is 6.92. The summed E-state index contributed by atoms with van der Waals surface area (Å²) in [6.45, 7) is 0. The van der Waals surface area contributed by atoms with Crippen LogP contribution in [0.1, 0.15) is 0 Å². The first-order valence-corrected chi connectivity index (χ1v) is 11.0. The lowest BCUT2D eigenvalue weighted by Gasteiger charge is -2.07. The van der Waals surface area contributed by atoms with E-state index in [9.17, 15) is 0 Å². The number of rotatable bonds is 2. The summed E-state index contributed by atoms with van der Waals surface area (Å²) < 4.78 is 2.32. The van der Waals surface area contributed by atoms with Crippen molar-refractivity contribution in [2.75, 3.05) is 0 Å². The molecule has 0 saturated heterocycles. The van der Waals surface area contributed by atoms with Crippen molar-refractivity contribution in [2.45, 2.75) is 0 Å². The maximum absolute atomic E-state index is 4.85. The first-order chi connectivity index (χ1) is 16.4. The molecule has 0 spiro atoms. The Hall–Kier alpha value is -4.57. The molecule has 4 heterocycles. The van der Waals surface area contributed by atoms with Crippen LogP contribution in [0.2, 0.25) is 0 Å². The van der Waals surface area contributed by atoms with E-state index in [1.807, 2.05) is 36.5 Å². The zero-order chi connectivity index (χ0) is 21.8. The third-order valence-electron chi connectivity index (χ3n) is 6.26. The third-order valence-corrected chi connectivity index (χ3v) is 6.26. The van der Waals surface area contributed by atoms with E-state index >= 15 is 0 Å². The molecule has 0 aliphatic rings. The minimum atomic E-state index is 0.899. The molecule has 3 aromatic carbocycles. The molecule has 0 unspecified atom stereocenters. The van der Waals surface area contributed by atoms with Crippen LogP contribution >= 0.6 is 0 Å². The molecule has 7 rings (SSSR count). The molecule has 0 aliphatic carbocycles. The topological polar surface area (TPSA) is 43.1 Å². The van der Waals surface area contributed by atoms with Crippen LogP contribution in [0, 0.1) is 0 Å². The Morgan fingerprint density at radius 3 is 2.33 bits per heavy atom. The first-order valence-electron chi connectivity index (χ1n) is 11.0. The molecule has 154 valence electrons. The second kappa shape index (κ2) is 6.97. The fraction of sp³-hybridized carbons (Fsp3) is 0. The molecule has 0 amide bonds. The number of fused-ring (bicyclic) bond motifs is 6. The standard InChI is InChI=1S/C29H18N4/c1-3-12-26-21(9-1)29(28-18-31-25-10-2-4-13-27(25)33(26)28)20-8-5-7-19(17-20)22-14-15-23-24(32-22)11-6-16-30-23/h1-18H. The number of hydrogen-bond donors (Lipinski definition) is 0. The summed E-state index contributed by atoms with van der Waals surface area (Å²) in [5.74, 6) is 0. The molecular weight excluding hydrogens is 404 g/mol. The molecular formula is C29H18N4. The molecule has 0 atom stereocenters. The van der Waals surface area contributed by atoms with Crippen LogP contribution in [-0.2, 0) is 0 Å². The van der Waals surface area contributed by atoms with Crippen LogP contribution in [0.4, 0.5) is 0 Å². The van der Waals surface area contributed by atoms with Crippen LogP contribution in [0.25, 0.3) is 60.9 Å². The molecule has 0 fully saturated rings. The molecule has 7 aromatic rings. The van der Waals surface area contributed by atoms with Crippen LogP contribution in [0.15, 0.2) is 109 Å². The van der Waals surface area contributed by atoms with Gasteiger partial charge in [-0.3, -0.25) is 9.97 Å². The van der Waals surface area contributed by atoms with E-state index in [1.54, 1.807) is 6.20 Å². The van der Waals surface area contributed by atoms with E-state index in [0.717, 1.165) is 44.4 Å². The summed E-state index contributed by atoms with van der Waals surface area (Å²) in [6, 6.07) is 33.5. The van der Waals surface area contributed by atoms with Crippen LogP contribution < -0.4 is 0 Å². The molecule has 0 bridgehead atoms. The minimum absolute atomic E-state index is 0.899. The highest BCUT2D eigenvalue weighted by molar-refractivity contribution is 6.08. The lowest BCUT2D eigenvalue weighted by molar-refractivity contribution is 1.27. The van der Waals surface area contributed by atoms with Gasteiger partial charge < -0.3 is 4.40 Å². The zero-order valence-electron chi connectivity index (χ0n) is 17.7. The van der Waals surface area contributed by atoms with Gasteiger partial charge in [-0.15, -0.1) is 0 Å². The summed E-state index contributed by atoms with van der Waals surface area (Å²) in [5, 5.41) is 1.21. The highest BCUT2D eigenvalue weighted by Crippen LogP contribution is 2.38. The van der Waals surface area contributed by atoms with E-state index < -0.39 is 0 Å². The van der Waals surface area contributed by atoms with Gasteiger partial charge in [0.15, 0.2) is 0 Å². The molecule has 0 saturated carbocycles. The van der Waals surface area contributed by atoms with Crippen LogP contribution in [0.3, 0.4) is 0 Å². The van der Waals surface area contributed by atoms with E-state index in [0.29, 0.717) is 0 Å². The molecule has 0 N–H and O–H groups in total. The molecule has 0 radical (unpaired) electrons. The second-order valence-electron chi connectivity index (χ2n) is 8.18. The van der Waals surface area contributed by atoms with Crippen molar-refractivity contribution in [1.82, 2.24) is 19.4 Å². The summed E-state index contributed by atoms with van der Waals surface area (Å²) in [5.41, 5.74) is 10.5. The summed E-state index contributed by atoms with van der Waals surface area (Å²) in [6.07, 6.45) is 3.79. The molecule has 4 aromatic heterocycles. The Bertz CT molecular complexity index is 1830. The van der Waals surface area contributed by atoms with E-state index in [-0.39, 0.29) is 0 Å². The van der Waals surface area contributed by atoms with Gasteiger partial charge in [-0.25, -0.2) is 4.98 Å². The third kappa shape index (κ3) is 2.74. The smallest absolute Gasteiger partial charge is 0.0894 e. The van der Waals surface area contributed by atoms with E-state index in [4.69, 9.17) is 9.97 Å². The van der Waals surface area contributed by atoms with Gasteiger partial charge in [0.1, 0.15) is 0 Å². The van der Waals surface area contributed by atoms with Crippen molar-refractivity contribution < 1.29 is 0 Å². The van der Waals surface area contributed by atoms with Crippen molar-refractivity contribution in [3.63, 3.8) is 0 Å². The maximum Gasteiger partial charge on any atom is 0.0894 e. The number of nitrogens with zero attached hydrogens (tertiary/aromatic N) is 4. The Labute approximate surface area is 189 Å². The van der Waals surface area contributed by atoms with Crippen molar-refractivity contribution >= 4 is 38.5 Å². The fourth-order valence-corrected chi connectivity index (χ4v) is 4.79. The van der Waals surface area contributed by atoms with Gasteiger partial charge in [0.2, 0.25) is 0 Å². The van der Waals surface area contributed by atoms with Gasteiger partial charge in [0.05, 0.1) is 45.0 Å². The molecule has 4 nitrogen and oxygen atoms in total. The number of hydrogen-bond acceptors (Lipinski definition) is 3. The summed E-state index contributed by atoms with van der Waals surface area (Å²) in [4.78, 5) is 14.0. The Morgan fingerprint density at radius 2 is 1.36 bits per heavy atom. The van der Waals surface area contributed by atoms with Crippen molar-refractivity contribution in [3.05, 3.63) is 109 Å². The molecule has 0 aliphatic heterocycles. The zero-order valence-corrected chi connectivity index (χ0v) is 17.7. The van der Waals surface area contributed by atoms with Crippen LogP contribution in [0.5, 0.6) is 0 Å². The van der Waals surface area contributed by atoms with Crippen molar-refractivity contribution in [2.24, 2.45) is 0 Å². The van der Waals surface area contributed by atoms with Crippen molar-refractivity contribution in [1.29, 1.82) is 0 Å². The van der Waals surface area contributed by atoms with E-state index in [2.05, 4.69) is 76.1 Å². The lowest BCUT2D eigenvalue weighted by atomic mass is 9.99. The monoisotopic (exact) mass is 422 g/mol. The van der Waals surface area contributed by atoms with Gasteiger partial charge in [-0.1, -0.05) is 48.5 Å². The number of benzene rings is 3. The molecule has 33 heavy (non-hydrogen) atoms. The highest BCUT2D eigenvalue weighted by atomic mass is 14.9. The van der Waals surface area contributed by atoms with Crippen molar-refractivity contribution in [3.8, 4) is 22.4 Å². The Morgan fingerprint density at radius 1 is 0.545 bits per heavy atom. The summed E-state index contributed by atoms with van der Waals surface area (Å²) in [7, 11) is 0. The quantitative estimate of drug-likeness (QED) is 0.304. The molecule has 4 heteroatoms. The summed E-state index contributed by atoms with van der Waals surface area (Å²) >= 11 is 0. The number of para-hydroxylation sites is 3. The SMILES string of the molecule is c1cc(-c2ccc3ncccc3n2)cc(-c2c3ccccc3n3c2cnc2ccccc23)c1. The van der Waals surface area contributed by atoms with Gasteiger partial charge in [-0.05, 0) is 54.1 Å². The number of pyridine rings is 2. The second-order valence-corrected chi connectivity index (χ2v) is 8.18. The average Bonchev–Trinajstić information content (AvgIpc) is 3.23. The fourth-order valence-electron chi connectivity index (χ4n) is 4.79. The van der Waals surface area contributed by atoms with Crippen LogP contribution in [-0.4, -0.2) is 19.4 Å². The Balaban J connectivity index is 1.50. The van der Waals surface area contributed by atoms with Gasteiger partial charge in [0, 0.05) is 22.7 Å². The minimum Gasteiger partial charge on any atom is -0.306 e. The van der Waals surface area contributed by atoms with Gasteiger partial charge in [-0.2, -0.15) is 0 Å². The normalized spacial score (nSPS) is 11.6. The maximum atomic E-state index is 4.85. The Kier molecular flexibility index (Phi) is 3.81. The van der Waals surface area contributed by atoms with Gasteiger partial charge in [0.25, 0.3) is 0 Å². The lowest BCUT2D eigenvalue weighted by Crippen LogP contribution is -1.91.